The van der Waals surface area contributed by atoms with Crippen molar-refractivity contribution in [1.29, 1.82) is 0 Å². The van der Waals surface area contributed by atoms with E-state index in [2.05, 4.69) is 20.5 Å². The highest BCUT2D eigenvalue weighted by atomic mass is 16.2. The Kier molecular flexibility index (Phi) is 5.49. The fraction of sp³-hybridized carbons (Fsp3) is 0.562. The van der Waals surface area contributed by atoms with Crippen molar-refractivity contribution in [3.63, 3.8) is 0 Å². The van der Waals surface area contributed by atoms with Crippen LogP contribution >= 0.6 is 0 Å². The number of aromatic nitrogens is 1. The van der Waals surface area contributed by atoms with Gasteiger partial charge in [0, 0.05) is 12.7 Å². The minimum absolute atomic E-state index is 0.148. The molecule has 1 saturated carbocycles. The molecule has 0 radical (unpaired) electrons. The van der Waals surface area contributed by atoms with E-state index in [1.807, 2.05) is 32.3 Å². The largest absolute Gasteiger partial charge is 0.355 e. The number of hydrogen-bond donors (Lipinski definition) is 2. The third-order valence-corrected chi connectivity index (χ3v) is 3.84. The Morgan fingerprint density at radius 3 is 2.55 bits per heavy atom. The Morgan fingerprint density at radius 2 is 1.95 bits per heavy atom. The van der Waals surface area contributed by atoms with Crippen LogP contribution in [-0.2, 0) is 16.1 Å². The quantitative estimate of drug-likeness (QED) is 0.543. The van der Waals surface area contributed by atoms with Gasteiger partial charge < -0.3 is 15.5 Å². The van der Waals surface area contributed by atoms with Gasteiger partial charge in [0.05, 0.1) is 12.2 Å². The lowest BCUT2D eigenvalue weighted by Gasteiger charge is -2.16. The summed E-state index contributed by atoms with van der Waals surface area (Å²) in [6.45, 7) is 1.88. The van der Waals surface area contributed by atoms with Crippen LogP contribution in [0.4, 0.5) is 0 Å². The van der Waals surface area contributed by atoms with Crippen LogP contribution in [0, 0.1) is 5.41 Å². The standard InChI is InChI=1S/C16H24N4O2/c1-20(2)11-5-10-18-14(21)16(7-8-16)15(22)19-12-13-6-3-4-9-17-13/h3-4,6,9H,5,7-8,10-12H2,1-2H3,(H,18,21)(H,19,22). The highest BCUT2D eigenvalue weighted by Gasteiger charge is 2.56. The topological polar surface area (TPSA) is 74.3 Å². The molecule has 22 heavy (non-hydrogen) atoms. The van der Waals surface area contributed by atoms with Gasteiger partial charge in [-0.15, -0.1) is 0 Å². The van der Waals surface area contributed by atoms with Crippen molar-refractivity contribution in [2.24, 2.45) is 5.41 Å². The first-order chi connectivity index (χ1) is 10.5. The summed E-state index contributed by atoms with van der Waals surface area (Å²) in [6.07, 6.45) is 3.82. The zero-order valence-corrected chi connectivity index (χ0v) is 13.3. The lowest BCUT2D eigenvalue weighted by atomic mass is 10.1. The molecule has 2 N–H and O–H groups in total. The van der Waals surface area contributed by atoms with E-state index < -0.39 is 5.41 Å². The summed E-state index contributed by atoms with van der Waals surface area (Å²) in [5, 5.41) is 5.70. The Labute approximate surface area is 131 Å². The first kappa shape index (κ1) is 16.4. The Hall–Kier alpha value is -1.95. The van der Waals surface area contributed by atoms with E-state index >= 15 is 0 Å². The summed E-state index contributed by atoms with van der Waals surface area (Å²) in [6, 6.07) is 5.55. The molecule has 6 heteroatoms. The third-order valence-electron chi connectivity index (χ3n) is 3.84. The van der Waals surface area contributed by atoms with Crippen molar-refractivity contribution in [1.82, 2.24) is 20.5 Å². The van der Waals surface area contributed by atoms with Crippen molar-refractivity contribution >= 4 is 11.8 Å². The van der Waals surface area contributed by atoms with Crippen molar-refractivity contribution in [2.45, 2.75) is 25.8 Å². The summed E-state index contributed by atoms with van der Waals surface area (Å²) in [5.41, 5.74) is -0.0644. The molecule has 0 aromatic carbocycles. The molecule has 1 aromatic heterocycles. The highest BCUT2D eigenvalue weighted by Crippen LogP contribution is 2.46. The number of rotatable bonds is 8. The predicted octanol–water partition coefficient (Wildman–Crippen LogP) is 0.546. The average molecular weight is 304 g/mol. The smallest absolute Gasteiger partial charge is 0.236 e. The maximum atomic E-state index is 12.3. The summed E-state index contributed by atoms with van der Waals surface area (Å²) in [7, 11) is 3.99. The third kappa shape index (κ3) is 4.27. The molecule has 1 fully saturated rings. The number of amides is 2. The van der Waals surface area contributed by atoms with E-state index in [4.69, 9.17) is 0 Å². The van der Waals surface area contributed by atoms with Crippen molar-refractivity contribution < 1.29 is 9.59 Å². The molecule has 0 unspecified atom stereocenters. The Bertz CT molecular complexity index is 512. The molecule has 2 amide bonds. The van der Waals surface area contributed by atoms with Gasteiger partial charge in [0.2, 0.25) is 11.8 Å². The second-order valence-electron chi connectivity index (χ2n) is 6.00. The first-order valence-corrected chi connectivity index (χ1v) is 7.66. The lowest BCUT2D eigenvalue weighted by molar-refractivity contribution is -0.137. The van der Waals surface area contributed by atoms with E-state index in [0.717, 1.165) is 18.7 Å². The number of nitrogens with zero attached hydrogens (tertiary/aromatic N) is 2. The normalized spacial score (nSPS) is 15.4. The monoisotopic (exact) mass is 304 g/mol. The van der Waals surface area contributed by atoms with Crippen LogP contribution in [0.5, 0.6) is 0 Å². The summed E-state index contributed by atoms with van der Waals surface area (Å²) in [5.74, 6) is -0.340. The minimum atomic E-state index is -0.854. The molecule has 6 nitrogen and oxygen atoms in total. The predicted molar refractivity (Wildman–Crippen MR) is 83.9 cm³/mol. The van der Waals surface area contributed by atoms with Crippen molar-refractivity contribution in [3.8, 4) is 0 Å². The SMILES string of the molecule is CN(C)CCCNC(=O)C1(C(=O)NCc2ccccn2)CC1. The van der Waals surface area contributed by atoms with Gasteiger partial charge in [-0.05, 0) is 52.0 Å². The second kappa shape index (κ2) is 7.35. The van der Waals surface area contributed by atoms with Gasteiger partial charge in [0.1, 0.15) is 5.41 Å². The molecule has 0 aliphatic heterocycles. The van der Waals surface area contributed by atoms with Gasteiger partial charge in [-0.3, -0.25) is 14.6 Å². The van der Waals surface area contributed by atoms with Crippen LogP contribution in [0.1, 0.15) is 25.0 Å². The lowest BCUT2D eigenvalue weighted by Crippen LogP contribution is -2.43. The fourth-order valence-electron chi connectivity index (χ4n) is 2.29. The Morgan fingerprint density at radius 1 is 1.23 bits per heavy atom. The van der Waals surface area contributed by atoms with Crippen LogP contribution in [0.25, 0.3) is 0 Å². The van der Waals surface area contributed by atoms with E-state index in [-0.39, 0.29) is 11.8 Å². The number of pyridine rings is 1. The van der Waals surface area contributed by atoms with Gasteiger partial charge in [-0.2, -0.15) is 0 Å². The van der Waals surface area contributed by atoms with E-state index in [0.29, 0.717) is 25.9 Å². The maximum absolute atomic E-state index is 12.3. The maximum Gasteiger partial charge on any atom is 0.236 e. The molecule has 2 rings (SSSR count). The molecular formula is C16H24N4O2. The summed E-state index contributed by atoms with van der Waals surface area (Å²) < 4.78 is 0. The van der Waals surface area contributed by atoms with Crippen molar-refractivity contribution in [2.75, 3.05) is 27.2 Å². The average Bonchev–Trinajstić information content (AvgIpc) is 3.31. The zero-order valence-electron chi connectivity index (χ0n) is 13.3. The van der Waals surface area contributed by atoms with Crippen LogP contribution in [0.2, 0.25) is 0 Å². The molecule has 0 bridgehead atoms. The molecule has 0 spiro atoms. The van der Waals surface area contributed by atoms with E-state index in [1.165, 1.54) is 0 Å². The van der Waals surface area contributed by atoms with E-state index in [1.54, 1.807) is 6.20 Å². The fourth-order valence-corrected chi connectivity index (χ4v) is 2.29. The number of carbonyl (C=O) groups is 2. The molecule has 1 aliphatic rings. The summed E-state index contributed by atoms with van der Waals surface area (Å²) >= 11 is 0. The Balaban J connectivity index is 1.77. The number of hydrogen-bond acceptors (Lipinski definition) is 4. The number of carbonyl (C=O) groups excluding carboxylic acids is 2. The van der Waals surface area contributed by atoms with Gasteiger partial charge in [0.25, 0.3) is 0 Å². The van der Waals surface area contributed by atoms with Crippen LogP contribution in [0.3, 0.4) is 0 Å². The molecular weight excluding hydrogens is 280 g/mol. The van der Waals surface area contributed by atoms with Gasteiger partial charge in [-0.25, -0.2) is 0 Å². The molecule has 120 valence electrons. The van der Waals surface area contributed by atoms with Gasteiger partial charge >= 0.3 is 0 Å². The van der Waals surface area contributed by atoms with Crippen LogP contribution < -0.4 is 10.6 Å². The molecule has 1 heterocycles. The minimum Gasteiger partial charge on any atom is -0.355 e. The second-order valence-corrected chi connectivity index (χ2v) is 6.00. The first-order valence-electron chi connectivity index (χ1n) is 7.66. The van der Waals surface area contributed by atoms with Gasteiger partial charge in [0.15, 0.2) is 0 Å². The molecule has 1 aliphatic carbocycles. The number of nitrogens with one attached hydrogen (secondary N) is 2. The van der Waals surface area contributed by atoms with Crippen LogP contribution in [-0.4, -0.2) is 48.9 Å². The molecule has 0 atom stereocenters. The zero-order chi connectivity index (χ0) is 16.0. The highest BCUT2D eigenvalue weighted by molar-refractivity contribution is 6.07. The van der Waals surface area contributed by atoms with Crippen molar-refractivity contribution in [3.05, 3.63) is 30.1 Å². The van der Waals surface area contributed by atoms with Crippen LogP contribution in [0.15, 0.2) is 24.4 Å². The van der Waals surface area contributed by atoms with E-state index in [9.17, 15) is 9.59 Å². The molecule has 0 saturated heterocycles. The van der Waals surface area contributed by atoms with Gasteiger partial charge in [-0.1, -0.05) is 6.07 Å². The molecule has 1 aromatic rings. The summed E-state index contributed by atoms with van der Waals surface area (Å²) in [4.78, 5) is 30.7.